The predicted molar refractivity (Wildman–Crippen MR) is 212 cm³/mol. The Hall–Kier alpha value is -3.67. The molecule has 4 rings (SSSR count). The van der Waals surface area contributed by atoms with Gasteiger partial charge in [0, 0.05) is 28.1 Å². The van der Waals surface area contributed by atoms with E-state index < -0.39 is 10.6 Å². The molecule has 0 bridgehead atoms. The third-order valence-corrected chi connectivity index (χ3v) is 5.55. The molecule has 0 aromatic heterocycles. The molecule has 0 fully saturated rings. The second-order valence-corrected chi connectivity index (χ2v) is 9.34. The Bertz CT molecular complexity index is 1430. The Balaban J connectivity index is -0.000000140. The summed E-state index contributed by atoms with van der Waals surface area (Å²) in [4.78, 5) is 24.0. The van der Waals surface area contributed by atoms with Crippen LogP contribution in [-0.2, 0) is 10.6 Å². The largest absolute Gasteiger partial charge is 1.00 e. The Kier molecular flexibility index (Phi) is 47.2. The third kappa shape index (κ3) is 30.8. The Labute approximate surface area is 328 Å². The fourth-order valence-corrected chi connectivity index (χ4v) is 3.45. The van der Waals surface area contributed by atoms with E-state index in [0.717, 1.165) is 24.5 Å². The number of ether oxygens (including phenoxy) is 1. The zero-order valence-electron chi connectivity index (χ0n) is 33.6. The van der Waals surface area contributed by atoms with Crippen molar-refractivity contribution in [3.63, 3.8) is 0 Å². The molecule has 0 unspecified atom stereocenters. The van der Waals surface area contributed by atoms with Crippen molar-refractivity contribution < 1.29 is 52.3 Å². The Morgan fingerprint density at radius 2 is 0.902 bits per heavy atom. The number of hydrogen-bond acceptors (Lipinski definition) is 7. The first kappa shape index (κ1) is 56.7. The van der Waals surface area contributed by atoms with E-state index in [-0.39, 0.29) is 37.6 Å². The van der Waals surface area contributed by atoms with Crippen molar-refractivity contribution in [2.75, 3.05) is 12.5 Å². The molecular formula is C41H60ClLiO7S. The summed E-state index contributed by atoms with van der Waals surface area (Å²) in [6.45, 7) is 20.9. The van der Waals surface area contributed by atoms with Crippen LogP contribution < -0.4 is 23.6 Å². The molecule has 0 saturated heterocycles. The van der Waals surface area contributed by atoms with Crippen molar-refractivity contribution in [3.05, 3.63) is 131 Å². The van der Waals surface area contributed by atoms with Crippen LogP contribution in [0.3, 0.4) is 0 Å². The number of phenols is 1. The maximum Gasteiger partial charge on any atom is 1.00 e. The van der Waals surface area contributed by atoms with Gasteiger partial charge in [-0.1, -0.05) is 136 Å². The van der Waals surface area contributed by atoms with E-state index in [0.29, 0.717) is 28.9 Å². The summed E-state index contributed by atoms with van der Waals surface area (Å²) in [5.74, 6) is 1.80. The predicted octanol–water partition coefficient (Wildman–Crippen LogP) is 8.57. The first-order valence-electron chi connectivity index (χ1n) is 17.3. The molecule has 0 saturated carbocycles. The van der Waals surface area contributed by atoms with Crippen LogP contribution in [0.2, 0.25) is 0 Å². The van der Waals surface area contributed by atoms with Crippen molar-refractivity contribution in [2.45, 2.75) is 88.5 Å². The minimum atomic E-state index is -3.11. The van der Waals surface area contributed by atoms with Crippen LogP contribution in [0.4, 0.5) is 0 Å². The van der Waals surface area contributed by atoms with Crippen molar-refractivity contribution in [3.8, 4) is 11.5 Å². The Morgan fingerprint density at radius 3 is 1.18 bits per heavy atom. The van der Waals surface area contributed by atoms with Gasteiger partial charge < -0.3 is 11.3 Å². The molecule has 280 valence electrons. The molecule has 0 heterocycles. The van der Waals surface area contributed by atoms with Crippen LogP contribution in [0.25, 0.3) is 0 Å². The molecule has 0 aliphatic rings. The average molecular weight is 739 g/mol. The second-order valence-electron chi connectivity index (χ2n) is 8.56. The van der Waals surface area contributed by atoms with Gasteiger partial charge in [0.15, 0.2) is 11.6 Å². The first-order chi connectivity index (χ1) is 24.2. The molecule has 51 heavy (non-hydrogen) atoms. The number of ketones is 2. The quantitative estimate of drug-likeness (QED) is 0.104. The maximum absolute atomic E-state index is 12.1. The molecule has 0 atom stereocenters. The van der Waals surface area contributed by atoms with E-state index in [9.17, 15) is 9.59 Å². The number of halogens is 1. The van der Waals surface area contributed by atoms with Gasteiger partial charge in [-0.25, -0.2) is 0 Å². The summed E-state index contributed by atoms with van der Waals surface area (Å²) in [6.07, 6.45) is 3.34. The zero-order valence-corrected chi connectivity index (χ0v) is 34.2. The van der Waals surface area contributed by atoms with Gasteiger partial charge in [-0.15, -0.1) is 24.2 Å². The van der Waals surface area contributed by atoms with Gasteiger partial charge in [0.2, 0.25) is 0 Å². The maximum atomic E-state index is 12.1. The average Bonchev–Trinajstić information content (AvgIpc) is 3.18. The fraction of sp³-hybridized carbons (Fsp3) is 0.366. The van der Waals surface area contributed by atoms with Crippen molar-refractivity contribution in [1.29, 1.82) is 0 Å². The molecule has 4 aromatic carbocycles. The van der Waals surface area contributed by atoms with Gasteiger partial charge in [-0.2, -0.15) is 0 Å². The van der Waals surface area contributed by atoms with Gasteiger partial charge in [0.25, 0.3) is 0 Å². The minimum Gasteiger partial charge on any atom is -1.00 e. The van der Waals surface area contributed by atoms with Crippen molar-refractivity contribution in [2.24, 2.45) is 0 Å². The summed E-state index contributed by atoms with van der Waals surface area (Å²) < 4.78 is 30.8. The summed E-state index contributed by atoms with van der Waals surface area (Å²) in [5, 5.41) is 9.10. The van der Waals surface area contributed by atoms with E-state index in [1.54, 1.807) is 36.4 Å². The summed E-state index contributed by atoms with van der Waals surface area (Å²) in [7, 11) is -3.11. The van der Waals surface area contributed by atoms with E-state index in [2.05, 4.69) is 13.8 Å². The molecule has 7 nitrogen and oxygen atoms in total. The molecule has 4 aromatic rings. The third-order valence-electron chi connectivity index (χ3n) is 5.28. The second kappa shape index (κ2) is 42.5. The minimum absolute atomic E-state index is 0. The number of carbonyl (C=O) groups is 2. The first-order valence-corrected chi connectivity index (χ1v) is 18.8. The molecule has 10 heteroatoms. The van der Waals surface area contributed by atoms with Gasteiger partial charge >= 0.3 is 29.5 Å². The fourth-order valence-electron chi connectivity index (χ4n) is 3.18. The number of alkyl halides is 1. The summed E-state index contributed by atoms with van der Waals surface area (Å²) in [6, 6.07) is 31.9. The number of aromatic hydroxyl groups is 1. The molecule has 0 aliphatic heterocycles. The van der Waals surface area contributed by atoms with Gasteiger partial charge in [-0.05, 0) is 61.4 Å². The number of phenolic OH excluding ortho intramolecular Hbond substituents is 1. The smallest absolute Gasteiger partial charge is 1.00 e. The van der Waals surface area contributed by atoms with E-state index >= 15 is 0 Å². The SMILES string of the molecule is CC.CC.CC.CC.CCCCCl.CCCOc1ccc(C(=O)c2ccccc2)cc1.O=C(c1ccccc1)c1ccc(O)cc1.O=S(=O)=O.[H-].[Li+]. The Morgan fingerprint density at radius 1 is 0.588 bits per heavy atom. The van der Waals surface area contributed by atoms with Crippen LogP contribution in [0.15, 0.2) is 109 Å². The molecule has 0 aliphatic carbocycles. The van der Waals surface area contributed by atoms with Crippen LogP contribution in [0.1, 0.15) is 122 Å². The standard InChI is InChI=1S/C16H16O2.C13H10O2.C4H9Cl.4C2H6.Li.O3S.H/c1-2-12-18-15-10-8-14(9-11-15)16(17)13-6-4-3-5-7-13;14-12-8-6-11(7-9-12)13(15)10-4-2-1-3-5-10;1-2-3-4-5;4*1-2;;1-4(2)3;/h3-11H,2,12H2,1H3;1-9,14H;2-4H2,1H3;4*1-2H3;;;/q;;;;;;;+1;;-1. The van der Waals surface area contributed by atoms with Crippen LogP contribution in [-0.4, -0.2) is 41.8 Å². The number of hydrogen-bond donors (Lipinski definition) is 1. The van der Waals surface area contributed by atoms with Gasteiger partial charge in [0.05, 0.1) is 6.61 Å². The molecule has 1 N–H and O–H groups in total. The number of carbonyl (C=O) groups excluding carboxylic acids is 2. The van der Waals surface area contributed by atoms with Crippen LogP contribution >= 0.6 is 11.6 Å². The van der Waals surface area contributed by atoms with E-state index in [1.807, 2.05) is 116 Å². The van der Waals surface area contributed by atoms with Crippen molar-refractivity contribution >= 4 is 33.8 Å². The number of unbranched alkanes of at least 4 members (excludes halogenated alkanes) is 1. The van der Waals surface area contributed by atoms with Gasteiger partial charge in [-0.3, -0.25) is 9.59 Å². The molecule has 0 radical (unpaired) electrons. The van der Waals surface area contributed by atoms with E-state index in [1.165, 1.54) is 18.6 Å². The summed E-state index contributed by atoms with van der Waals surface area (Å²) >= 11 is 5.30. The molecular weight excluding hydrogens is 679 g/mol. The zero-order chi connectivity index (χ0) is 39.2. The molecule has 0 spiro atoms. The van der Waals surface area contributed by atoms with Crippen LogP contribution in [0.5, 0.6) is 11.5 Å². The normalized spacial score (nSPS) is 8.22. The van der Waals surface area contributed by atoms with Crippen molar-refractivity contribution in [1.82, 2.24) is 0 Å². The van der Waals surface area contributed by atoms with Crippen LogP contribution in [0, 0.1) is 0 Å². The monoisotopic (exact) mass is 738 g/mol. The van der Waals surface area contributed by atoms with Gasteiger partial charge in [0.1, 0.15) is 11.5 Å². The number of benzene rings is 4. The molecule has 0 amide bonds. The van der Waals surface area contributed by atoms with E-state index in [4.69, 9.17) is 34.1 Å². The number of rotatable bonds is 9. The summed E-state index contributed by atoms with van der Waals surface area (Å²) in [5.41, 5.74) is 2.63. The topological polar surface area (TPSA) is 115 Å².